The number of nitriles is 1. The van der Waals surface area contributed by atoms with Gasteiger partial charge in [0.15, 0.2) is 0 Å². The van der Waals surface area contributed by atoms with Crippen LogP contribution in [0.5, 0.6) is 0 Å². The topological polar surface area (TPSA) is 47.3 Å². The van der Waals surface area contributed by atoms with Gasteiger partial charge in [-0.25, -0.2) is 0 Å². The van der Waals surface area contributed by atoms with Crippen LogP contribution in [0.3, 0.4) is 0 Å². The van der Waals surface area contributed by atoms with E-state index in [9.17, 15) is 4.79 Å². The van der Waals surface area contributed by atoms with Gasteiger partial charge in [-0.3, -0.25) is 9.69 Å². The predicted octanol–water partition coefficient (Wildman–Crippen LogP) is 1.62. The average molecular weight is 237 g/mol. The lowest BCUT2D eigenvalue weighted by Gasteiger charge is -2.41. The number of carbonyl (C=O) groups excluding carboxylic acids is 1. The Bertz CT molecular complexity index is 330. The van der Waals surface area contributed by atoms with E-state index in [1.165, 1.54) is 0 Å². The van der Waals surface area contributed by atoms with Gasteiger partial charge < -0.3 is 4.90 Å². The monoisotopic (exact) mass is 237 g/mol. The molecule has 1 fully saturated rings. The Labute approximate surface area is 104 Å². The van der Waals surface area contributed by atoms with Crippen molar-refractivity contribution in [3.05, 3.63) is 0 Å². The molecule has 1 aliphatic rings. The first kappa shape index (κ1) is 14.0. The summed E-state index contributed by atoms with van der Waals surface area (Å²) in [5, 5.41) is 8.85. The highest BCUT2D eigenvalue weighted by Gasteiger charge is 2.40. The van der Waals surface area contributed by atoms with E-state index in [-0.39, 0.29) is 30.0 Å². The summed E-state index contributed by atoms with van der Waals surface area (Å²) in [6, 6.07) is 2.01. The van der Waals surface area contributed by atoms with Crippen molar-refractivity contribution in [1.82, 2.24) is 9.80 Å². The van der Waals surface area contributed by atoms with Crippen molar-refractivity contribution in [1.29, 1.82) is 5.26 Å². The Balaban J connectivity index is 3.07. The molecule has 0 aromatic rings. The summed E-state index contributed by atoms with van der Waals surface area (Å²) in [6.07, 6.45) is 1.21. The minimum Gasteiger partial charge on any atom is -0.334 e. The van der Waals surface area contributed by atoms with Crippen LogP contribution < -0.4 is 0 Å². The van der Waals surface area contributed by atoms with Crippen molar-refractivity contribution in [3.8, 4) is 6.07 Å². The second-order valence-corrected chi connectivity index (χ2v) is 5.72. The largest absolute Gasteiger partial charge is 0.334 e. The molecule has 0 saturated carbocycles. The maximum absolute atomic E-state index is 12.5. The molecule has 96 valence electrons. The lowest BCUT2D eigenvalue weighted by atomic mass is 9.96. The van der Waals surface area contributed by atoms with E-state index in [4.69, 9.17) is 5.26 Å². The Morgan fingerprint density at radius 2 is 2.12 bits per heavy atom. The molecular weight excluding hydrogens is 214 g/mol. The molecule has 4 heteroatoms. The van der Waals surface area contributed by atoms with E-state index < -0.39 is 0 Å². The Hall–Kier alpha value is -1.08. The molecule has 1 aliphatic heterocycles. The molecule has 0 spiro atoms. The van der Waals surface area contributed by atoms with Crippen LogP contribution in [-0.4, -0.2) is 46.9 Å². The lowest BCUT2D eigenvalue weighted by molar-refractivity contribution is -0.141. The molecule has 1 atom stereocenters. The van der Waals surface area contributed by atoms with Crippen molar-refractivity contribution in [2.45, 2.75) is 58.2 Å². The molecule has 0 radical (unpaired) electrons. The molecule has 1 saturated heterocycles. The number of carbonyl (C=O) groups is 1. The van der Waals surface area contributed by atoms with Crippen LogP contribution in [-0.2, 0) is 4.79 Å². The first-order valence-electron chi connectivity index (χ1n) is 6.21. The smallest absolute Gasteiger partial charge is 0.241 e. The maximum Gasteiger partial charge on any atom is 0.241 e. The molecule has 0 N–H and O–H groups in total. The number of likely N-dealkylation sites (N-methyl/N-ethyl adjacent to an activating group) is 1. The molecule has 0 aromatic carbocycles. The number of rotatable bonds is 2. The predicted molar refractivity (Wildman–Crippen MR) is 67.3 cm³/mol. The second-order valence-electron chi connectivity index (χ2n) is 5.72. The van der Waals surface area contributed by atoms with Gasteiger partial charge in [-0.2, -0.15) is 5.26 Å². The molecule has 1 amide bonds. The molecule has 0 bridgehead atoms. The summed E-state index contributed by atoms with van der Waals surface area (Å²) in [5.41, 5.74) is -0.135. The van der Waals surface area contributed by atoms with Gasteiger partial charge in [0.2, 0.25) is 5.91 Å². The van der Waals surface area contributed by atoms with Crippen LogP contribution in [0.25, 0.3) is 0 Å². The zero-order valence-corrected chi connectivity index (χ0v) is 11.5. The van der Waals surface area contributed by atoms with Crippen molar-refractivity contribution >= 4 is 5.91 Å². The first-order valence-corrected chi connectivity index (χ1v) is 6.21. The van der Waals surface area contributed by atoms with Gasteiger partial charge in [-0.05, 0) is 41.2 Å². The van der Waals surface area contributed by atoms with Gasteiger partial charge in [0.1, 0.15) is 6.04 Å². The minimum atomic E-state index is -0.288. The normalized spacial score (nSPS) is 25.8. The Morgan fingerprint density at radius 1 is 1.53 bits per heavy atom. The van der Waals surface area contributed by atoms with Crippen LogP contribution in [0.2, 0.25) is 0 Å². The number of amides is 1. The zero-order valence-electron chi connectivity index (χ0n) is 11.5. The molecule has 1 unspecified atom stereocenters. The van der Waals surface area contributed by atoms with E-state index in [0.717, 1.165) is 13.0 Å². The van der Waals surface area contributed by atoms with Crippen molar-refractivity contribution < 1.29 is 4.79 Å². The summed E-state index contributed by atoms with van der Waals surface area (Å²) in [6.45, 7) is 9.14. The summed E-state index contributed by atoms with van der Waals surface area (Å²) in [7, 11) is 1.93. The average Bonchev–Trinajstić information content (AvgIpc) is 2.28. The van der Waals surface area contributed by atoms with Crippen molar-refractivity contribution in [2.75, 3.05) is 13.6 Å². The standard InChI is InChI=1S/C13H23N3O/c1-10(2)16-12(17)11(6-8-14)15(5)9-7-13(16,3)4/h10-11H,6-7,9H2,1-5H3. The van der Waals surface area contributed by atoms with Gasteiger partial charge in [0, 0.05) is 18.1 Å². The summed E-state index contributed by atoms with van der Waals surface area (Å²) < 4.78 is 0. The molecule has 4 nitrogen and oxygen atoms in total. The maximum atomic E-state index is 12.5. The highest BCUT2D eigenvalue weighted by molar-refractivity contribution is 5.83. The fourth-order valence-corrected chi connectivity index (χ4v) is 2.66. The van der Waals surface area contributed by atoms with E-state index in [0.29, 0.717) is 0 Å². The molecule has 0 aromatic heterocycles. The SMILES string of the molecule is CC(C)N1C(=O)C(CC#N)N(C)CCC1(C)C. The molecule has 1 heterocycles. The quantitative estimate of drug-likeness (QED) is 0.733. The Kier molecular flexibility index (Phi) is 4.16. The number of hydrogen-bond donors (Lipinski definition) is 0. The fourth-order valence-electron chi connectivity index (χ4n) is 2.66. The van der Waals surface area contributed by atoms with Crippen molar-refractivity contribution in [3.63, 3.8) is 0 Å². The van der Waals surface area contributed by atoms with Gasteiger partial charge in [-0.15, -0.1) is 0 Å². The van der Waals surface area contributed by atoms with E-state index in [1.54, 1.807) is 0 Å². The van der Waals surface area contributed by atoms with Crippen LogP contribution in [0.1, 0.15) is 40.5 Å². The van der Waals surface area contributed by atoms with E-state index >= 15 is 0 Å². The first-order chi connectivity index (χ1) is 7.81. The molecular formula is C13H23N3O. The second kappa shape index (κ2) is 5.05. The van der Waals surface area contributed by atoms with Gasteiger partial charge >= 0.3 is 0 Å². The fraction of sp³-hybridized carbons (Fsp3) is 0.846. The molecule has 0 aliphatic carbocycles. The zero-order chi connectivity index (χ0) is 13.2. The third-order valence-electron chi connectivity index (χ3n) is 3.58. The lowest BCUT2D eigenvalue weighted by Crippen LogP contribution is -2.54. The highest BCUT2D eigenvalue weighted by Crippen LogP contribution is 2.28. The van der Waals surface area contributed by atoms with Crippen LogP contribution in [0, 0.1) is 11.3 Å². The highest BCUT2D eigenvalue weighted by atomic mass is 16.2. The van der Waals surface area contributed by atoms with Gasteiger partial charge in [0.25, 0.3) is 0 Å². The van der Waals surface area contributed by atoms with Crippen molar-refractivity contribution in [2.24, 2.45) is 0 Å². The summed E-state index contributed by atoms with van der Waals surface area (Å²) >= 11 is 0. The van der Waals surface area contributed by atoms with Crippen LogP contribution in [0.15, 0.2) is 0 Å². The van der Waals surface area contributed by atoms with E-state index in [2.05, 4.69) is 19.9 Å². The van der Waals surface area contributed by atoms with Crippen LogP contribution >= 0.6 is 0 Å². The van der Waals surface area contributed by atoms with Gasteiger partial charge in [0.05, 0.1) is 12.5 Å². The van der Waals surface area contributed by atoms with E-state index in [1.807, 2.05) is 30.7 Å². The summed E-state index contributed by atoms with van der Waals surface area (Å²) in [4.78, 5) is 16.5. The molecule has 17 heavy (non-hydrogen) atoms. The number of hydrogen-bond acceptors (Lipinski definition) is 3. The minimum absolute atomic E-state index is 0.0894. The summed E-state index contributed by atoms with van der Waals surface area (Å²) in [5.74, 6) is 0.0894. The van der Waals surface area contributed by atoms with Crippen LogP contribution in [0.4, 0.5) is 0 Å². The third-order valence-corrected chi connectivity index (χ3v) is 3.58. The third kappa shape index (κ3) is 2.78. The van der Waals surface area contributed by atoms with Gasteiger partial charge in [-0.1, -0.05) is 0 Å². The number of nitrogens with zero attached hydrogens (tertiary/aromatic N) is 3. The molecule has 1 rings (SSSR count). The Morgan fingerprint density at radius 3 is 2.59 bits per heavy atom.